The summed E-state index contributed by atoms with van der Waals surface area (Å²) in [7, 11) is 0. The maximum Gasteiger partial charge on any atom is 0.226 e. The Morgan fingerprint density at radius 3 is 2.57 bits per heavy atom. The highest BCUT2D eigenvalue weighted by atomic mass is 35.5. The minimum absolute atomic E-state index is 0. The number of hydrogen-bond donors (Lipinski definition) is 1. The highest BCUT2D eigenvalue weighted by Crippen LogP contribution is 2.59. The number of likely N-dealkylation sites (N-methyl/N-ethyl adjacent to an activating group) is 1. The second-order valence-corrected chi connectivity index (χ2v) is 8.52. The zero-order valence-corrected chi connectivity index (χ0v) is 18.7. The Morgan fingerprint density at radius 1 is 1.25 bits per heavy atom. The highest BCUT2D eigenvalue weighted by molar-refractivity contribution is 5.85. The van der Waals surface area contributed by atoms with Gasteiger partial charge in [0.05, 0.1) is 0 Å². The van der Waals surface area contributed by atoms with Gasteiger partial charge in [0.2, 0.25) is 5.91 Å². The molecule has 1 aromatic rings. The molecule has 4 rings (SSSR count). The molecule has 0 aromatic heterocycles. The zero-order chi connectivity index (χ0) is 18.1. The van der Waals surface area contributed by atoms with Gasteiger partial charge in [0.1, 0.15) is 0 Å². The van der Waals surface area contributed by atoms with Gasteiger partial charge in [-0.1, -0.05) is 30.3 Å². The lowest BCUT2D eigenvalue weighted by Crippen LogP contribution is -2.44. The van der Waals surface area contributed by atoms with Crippen molar-refractivity contribution in [1.29, 1.82) is 0 Å². The summed E-state index contributed by atoms with van der Waals surface area (Å²) in [6.45, 7) is 9.56. The number of halogens is 2. The number of nitrogens with one attached hydrogen (secondary N) is 1. The molecule has 3 atom stereocenters. The number of amides is 1. The summed E-state index contributed by atoms with van der Waals surface area (Å²) in [4.78, 5) is 18.0. The van der Waals surface area contributed by atoms with Crippen LogP contribution in [0, 0.1) is 11.3 Å². The number of carbonyl (C=O) groups excluding carboxylic acids is 1. The lowest BCUT2D eigenvalue weighted by molar-refractivity contribution is -0.135. The van der Waals surface area contributed by atoms with E-state index in [-0.39, 0.29) is 24.8 Å². The number of rotatable bonds is 5. The smallest absolute Gasteiger partial charge is 0.226 e. The van der Waals surface area contributed by atoms with Gasteiger partial charge in [0.25, 0.3) is 0 Å². The van der Waals surface area contributed by atoms with Crippen LogP contribution in [0.5, 0.6) is 0 Å². The Balaban J connectivity index is 0.00000140. The van der Waals surface area contributed by atoms with Crippen molar-refractivity contribution in [2.75, 3.05) is 32.7 Å². The van der Waals surface area contributed by atoms with Gasteiger partial charge in [-0.3, -0.25) is 9.69 Å². The van der Waals surface area contributed by atoms with E-state index in [0.717, 1.165) is 45.6 Å². The lowest BCUT2D eigenvalue weighted by Gasteiger charge is -2.31. The highest BCUT2D eigenvalue weighted by Gasteiger charge is 2.59. The average molecular weight is 428 g/mol. The number of benzene rings is 1. The van der Waals surface area contributed by atoms with E-state index in [1.54, 1.807) is 0 Å². The molecule has 2 saturated heterocycles. The monoisotopic (exact) mass is 427 g/mol. The van der Waals surface area contributed by atoms with E-state index in [2.05, 4.69) is 59.3 Å². The molecular formula is C22H35Cl2N3O. The van der Waals surface area contributed by atoms with Gasteiger partial charge in [-0.25, -0.2) is 0 Å². The predicted octanol–water partition coefficient (Wildman–Crippen LogP) is 3.90. The van der Waals surface area contributed by atoms with E-state index < -0.39 is 0 Å². The average Bonchev–Trinajstić information content (AvgIpc) is 3.14. The number of nitrogens with zero attached hydrogens (tertiary/aromatic N) is 2. The Morgan fingerprint density at radius 2 is 1.93 bits per heavy atom. The van der Waals surface area contributed by atoms with Crippen molar-refractivity contribution < 1.29 is 4.79 Å². The van der Waals surface area contributed by atoms with Gasteiger partial charge in [-0.05, 0) is 63.6 Å². The lowest BCUT2D eigenvalue weighted by atomic mass is 9.91. The molecule has 1 saturated carbocycles. The molecule has 28 heavy (non-hydrogen) atoms. The standard InChI is InChI=1S/C22H33N3O.2ClH/c1-3-25(21(26)20-15-22(20)10-12-23-13-11-22)19-9-14-24(16-19)17(2)18-7-5-4-6-8-18;;/h4-8,17,19-20,23H,3,9-16H2,1-2H3;2*1H. The molecule has 4 nitrogen and oxygen atoms in total. The molecule has 158 valence electrons. The summed E-state index contributed by atoms with van der Waals surface area (Å²) >= 11 is 0. The van der Waals surface area contributed by atoms with Gasteiger partial charge in [0.15, 0.2) is 0 Å². The van der Waals surface area contributed by atoms with E-state index in [0.29, 0.717) is 29.3 Å². The minimum Gasteiger partial charge on any atom is -0.338 e. The molecule has 1 aromatic carbocycles. The molecular weight excluding hydrogens is 393 g/mol. The molecule has 3 unspecified atom stereocenters. The maximum absolute atomic E-state index is 13.2. The van der Waals surface area contributed by atoms with Crippen molar-refractivity contribution in [3.63, 3.8) is 0 Å². The summed E-state index contributed by atoms with van der Waals surface area (Å²) in [6.07, 6.45) is 4.60. The maximum atomic E-state index is 13.2. The number of likely N-dealkylation sites (tertiary alicyclic amines) is 1. The Labute approximate surface area is 182 Å². The number of piperidine rings is 1. The normalized spacial score (nSPS) is 26.8. The molecule has 1 N–H and O–H groups in total. The largest absolute Gasteiger partial charge is 0.338 e. The van der Waals surface area contributed by atoms with Gasteiger partial charge in [-0.15, -0.1) is 24.8 Å². The van der Waals surface area contributed by atoms with E-state index in [4.69, 9.17) is 0 Å². The van der Waals surface area contributed by atoms with Crippen LogP contribution in [-0.4, -0.2) is 54.5 Å². The molecule has 1 amide bonds. The molecule has 0 radical (unpaired) electrons. The summed E-state index contributed by atoms with van der Waals surface area (Å²) in [6, 6.07) is 11.6. The van der Waals surface area contributed by atoms with E-state index in [1.165, 1.54) is 18.4 Å². The third-order valence-electron chi connectivity index (χ3n) is 7.18. The minimum atomic E-state index is 0. The molecule has 2 aliphatic heterocycles. The summed E-state index contributed by atoms with van der Waals surface area (Å²) in [5.74, 6) is 0.735. The second-order valence-electron chi connectivity index (χ2n) is 8.52. The van der Waals surface area contributed by atoms with Crippen LogP contribution in [0.3, 0.4) is 0 Å². The summed E-state index contributed by atoms with van der Waals surface area (Å²) < 4.78 is 0. The first-order valence-corrected chi connectivity index (χ1v) is 10.4. The fraction of sp³-hybridized carbons (Fsp3) is 0.682. The van der Waals surface area contributed by atoms with E-state index in [1.807, 2.05) is 0 Å². The Bertz CT molecular complexity index is 636. The molecule has 2 heterocycles. The third kappa shape index (κ3) is 4.51. The Hall–Kier alpha value is -0.810. The van der Waals surface area contributed by atoms with Gasteiger partial charge < -0.3 is 10.2 Å². The van der Waals surface area contributed by atoms with Crippen LogP contribution in [0.25, 0.3) is 0 Å². The first-order chi connectivity index (χ1) is 12.6. The van der Waals surface area contributed by atoms with E-state index in [9.17, 15) is 4.79 Å². The molecule has 3 fully saturated rings. The van der Waals surface area contributed by atoms with Crippen molar-refractivity contribution in [2.24, 2.45) is 11.3 Å². The van der Waals surface area contributed by atoms with Gasteiger partial charge in [-0.2, -0.15) is 0 Å². The first kappa shape index (κ1) is 23.5. The molecule has 0 bridgehead atoms. The van der Waals surface area contributed by atoms with Gasteiger partial charge >= 0.3 is 0 Å². The van der Waals surface area contributed by atoms with Crippen molar-refractivity contribution >= 4 is 30.7 Å². The van der Waals surface area contributed by atoms with Crippen LogP contribution in [0.4, 0.5) is 0 Å². The number of carbonyl (C=O) groups is 1. The third-order valence-corrected chi connectivity index (χ3v) is 7.18. The molecule has 1 spiro atoms. The van der Waals surface area contributed by atoms with Crippen LogP contribution >= 0.6 is 24.8 Å². The quantitative estimate of drug-likeness (QED) is 0.773. The van der Waals surface area contributed by atoms with Crippen molar-refractivity contribution in [2.45, 2.75) is 51.6 Å². The first-order valence-electron chi connectivity index (χ1n) is 10.4. The van der Waals surface area contributed by atoms with Crippen LogP contribution in [-0.2, 0) is 4.79 Å². The fourth-order valence-corrected chi connectivity index (χ4v) is 5.28. The van der Waals surface area contributed by atoms with Crippen molar-refractivity contribution in [3.05, 3.63) is 35.9 Å². The molecule has 3 aliphatic rings. The summed E-state index contributed by atoms with van der Waals surface area (Å²) in [5, 5.41) is 3.44. The van der Waals surface area contributed by atoms with Crippen LogP contribution < -0.4 is 5.32 Å². The van der Waals surface area contributed by atoms with Crippen molar-refractivity contribution in [1.82, 2.24) is 15.1 Å². The Kier molecular flexibility index (Phi) is 8.21. The van der Waals surface area contributed by atoms with Crippen molar-refractivity contribution in [3.8, 4) is 0 Å². The second kappa shape index (κ2) is 9.80. The molecule has 6 heteroatoms. The van der Waals surface area contributed by atoms with Crippen LogP contribution in [0.1, 0.15) is 51.1 Å². The topological polar surface area (TPSA) is 35.6 Å². The van der Waals surface area contributed by atoms with Crippen LogP contribution in [0.15, 0.2) is 30.3 Å². The SMILES string of the molecule is CCN(C(=O)C1CC12CCNCC2)C1CCN(C(C)c2ccccc2)C1.Cl.Cl. The fourth-order valence-electron chi connectivity index (χ4n) is 5.28. The van der Waals surface area contributed by atoms with E-state index >= 15 is 0 Å². The van der Waals surface area contributed by atoms with Crippen LogP contribution in [0.2, 0.25) is 0 Å². The summed E-state index contributed by atoms with van der Waals surface area (Å²) in [5.41, 5.74) is 1.71. The zero-order valence-electron chi connectivity index (χ0n) is 17.1. The molecule has 1 aliphatic carbocycles. The van der Waals surface area contributed by atoms with Gasteiger partial charge in [0, 0.05) is 37.6 Å². The predicted molar refractivity (Wildman–Crippen MR) is 119 cm³/mol. The number of hydrogen-bond acceptors (Lipinski definition) is 3.